The van der Waals surface area contributed by atoms with Gasteiger partial charge in [-0.15, -0.1) is 11.3 Å². The standard InChI is InChI=1S/C22H16S/c1-4-10-17(11-5-1)20-16-21(18-12-6-2-7-13-18)23-22(20)19-14-8-3-9-15-19/h1-16H. The Bertz CT molecular complexity index is 834. The predicted octanol–water partition coefficient (Wildman–Crippen LogP) is 6.75. The molecule has 1 heteroatoms. The quantitative estimate of drug-likeness (QED) is 0.392. The van der Waals surface area contributed by atoms with Crippen LogP contribution in [0.15, 0.2) is 97.1 Å². The average molecular weight is 312 g/mol. The first-order valence-corrected chi connectivity index (χ1v) is 8.53. The van der Waals surface area contributed by atoms with Gasteiger partial charge in [-0.3, -0.25) is 0 Å². The van der Waals surface area contributed by atoms with E-state index in [1.54, 1.807) is 0 Å². The molecule has 3 aromatic carbocycles. The van der Waals surface area contributed by atoms with Crippen molar-refractivity contribution in [2.75, 3.05) is 0 Å². The molecule has 0 unspecified atom stereocenters. The van der Waals surface area contributed by atoms with Crippen LogP contribution in [0.3, 0.4) is 0 Å². The molecule has 0 atom stereocenters. The molecule has 0 aliphatic heterocycles. The second-order valence-corrected chi connectivity index (χ2v) is 6.50. The van der Waals surface area contributed by atoms with Crippen molar-refractivity contribution in [1.29, 1.82) is 0 Å². The lowest BCUT2D eigenvalue weighted by atomic mass is 10.0. The molecule has 0 nitrogen and oxygen atoms in total. The van der Waals surface area contributed by atoms with Crippen LogP contribution in [0.1, 0.15) is 0 Å². The number of benzene rings is 3. The zero-order valence-corrected chi connectivity index (χ0v) is 13.5. The summed E-state index contributed by atoms with van der Waals surface area (Å²) in [6, 6.07) is 34.2. The third kappa shape index (κ3) is 2.84. The van der Waals surface area contributed by atoms with Gasteiger partial charge >= 0.3 is 0 Å². The molecule has 110 valence electrons. The van der Waals surface area contributed by atoms with Crippen LogP contribution in [0, 0.1) is 0 Å². The molecule has 0 fully saturated rings. The fourth-order valence-corrected chi connectivity index (χ4v) is 3.96. The number of thiophene rings is 1. The molecular formula is C22H16S. The molecule has 0 saturated carbocycles. The Kier molecular flexibility index (Phi) is 3.79. The minimum absolute atomic E-state index is 1.27. The molecular weight excluding hydrogens is 296 g/mol. The van der Waals surface area contributed by atoms with Crippen molar-refractivity contribution < 1.29 is 0 Å². The topological polar surface area (TPSA) is 0 Å². The Morgan fingerprint density at radius 1 is 0.478 bits per heavy atom. The first kappa shape index (κ1) is 14.0. The summed E-state index contributed by atoms with van der Waals surface area (Å²) >= 11 is 1.86. The van der Waals surface area contributed by atoms with E-state index in [0.29, 0.717) is 0 Å². The van der Waals surface area contributed by atoms with Crippen LogP contribution >= 0.6 is 11.3 Å². The zero-order chi connectivity index (χ0) is 15.5. The van der Waals surface area contributed by atoms with Crippen LogP contribution in [0.5, 0.6) is 0 Å². The Balaban J connectivity index is 1.91. The van der Waals surface area contributed by atoms with Crippen LogP contribution < -0.4 is 0 Å². The van der Waals surface area contributed by atoms with E-state index in [9.17, 15) is 0 Å². The van der Waals surface area contributed by atoms with Gasteiger partial charge < -0.3 is 0 Å². The van der Waals surface area contributed by atoms with Gasteiger partial charge in [-0.25, -0.2) is 0 Å². The number of rotatable bonds is 3. The summed E-state index contributed by atoms with van der Waals surface area (Å²) in [6.45, 7) is 0. The van der Waals surface area contributed by atoms with Gasteiger partial charge in [0.15, 0.2) is 0 Å². The summed E-state index contributed by atoms with van der Waals surface area (Å²) in [6.07, 6.45) is 0. The molecule has 0 spiro atoms. The lowest BCUT2D eigenvalue weighted by molar-refractivity contribution is 1.64. The molecule has 1 aromatic heterocycles. The van der Waals surface area contributed by atoms with E-state index in [4.69, 9.17) is 0 Å². The Morgan fingerprint density at radius 2 is 0.957 bits per heavy atom. The summed E-state index contributed by atoms with van der Waals surface area (Å²) < 4.78 is 0. The fourth-order valence-electron chi connectivity index (χ4n) is 2.77. The molecule has 0 aliphatic carbocycles. The van der Waals surface area contributed by atoms with Gasteiger partial charge in [-0.2, -0.15) is 0 Å². The first-order chi connectivity index (χ1) is 11.4. The van der Waals surface area contributed by atoms with Crippen molar-refractivity contribution in [3.63, 3.8) is 0 Å². The van der Waals surface area contributed by atoms with E-state index in [1.165, 1.54) is 32.0 Å². The fraction of sp³-hybridized carbons (Fsp3) is 0. The highest BCUT2D eigenvalue weighted by Gasteiger charge is 2.13. The third-order valence-electron chi connectivity index (χ3n) is 3.91. The summed E-state index contributed by atoms with van der Waals surface area (Å²) in [7, 11) is 0. The summed E-state index contributed by atoms with van der Waals surface area (Å²) in [5, 5.41) is 0. The van der Waals surface area contributed by atoms with Gasteiger partial charge in [-0.1, -0.05) is 91.0 Å². The molecule has 0 radical (unpaired) electrons. The lowest BCUT2D eigenvalue weighted by Gasteiger charge is -2.03. The van der Waals surface area contributed by atoms with Gasteiger partial charge in [0.25, 0.3) is 0 Å². The Morgan fingerprint density at radius 3 is 1.52 bits per heavy atom. The van der Waals surface area contributed by atoms with Crippen molar-refractivity contribution in [3.8, 4) is 32.0 Å². The molecule has 0 amide bonds. The predicted molar refractivity (Wildman–Crippen MR) is 101 cm³/mol. The van der Waals surface area contributed by atoms with Gasteiger partial charge in [0.05, 0.1) is 0 Å². The smallest absolute Gasteiger partial charge is 0.0427 e. The Labute approximate surface area is 140 Å². The van der Waals surface area contributed by atoms with E-state index in [2.05, 4.69) is 97.1 Å². The maximum absolute atomic E-state index is 2.32. The molecule has 0 aliphatic rings. The molecule has 4 aromatic rings. The lowest BCUT2D eigenvalue weighted by Crippen LogP contribution is -1.78. The van der Waals surface area contributed by atoms with Gasteiger partial charge in [-0.05, 0) is 22.8 Å². The van der Waals surface area contributed by atoms with E-state index >= 15 is 0 Å². The van der Waals surface area contributed by atoms with Crippen LogP contribution in [-0.2, 0) is 0 Å². The second kappa shape index (κ2) is 6.23. The van der Waals surface area contributed by atoms with Crippen molar-refractivity contribution in [1.82, 2.24) is 0 Å². The molecule has 23 heavy (non-hydrogen) atoms. The van der Waals surface area contributed by atoms with Gasteiger partial charge in [0, 0.05) is 15.3 Å². The second-order valence-electron chi connectivity index (χ2n) is 5.45. The van der Waals surface area contributed by atoms with Crippen molar-refractivity contribution in [2.24, 2.45) is 0 Å². The Hall–Kier alpha value is -2.64. The molecule has 1 heterocycles. The summed E-state index contributed by atoms with van der Waals surface area (Å²) in [5.41, 5.74) is 5.13. The molecule has 0 bridgehead atoms. The minimum Gasteiger partial charge on any atom is -0.135 e. The SMILES string of the molecule is c1ccc(-c2cc(-c3ccccc3)c(-c3ccccc3)s2)cc1. The number of hydrogen-bond donors (Lipinski definition) is 0. The largest absolute Gasteiger partial charge is 0.135 e. The van der Waals surface area contributed by atoms with E-state index in [0.717, 1.165) is 0 Å². The van der Waals surface area contributed by atoms with Gasteiger partial charge in [0.1, 0.15) is 0 Å². The third-order valence-corrected chi connectivity index (χ3v) is 5.14. The van der Waals surface area contributed by atoms with Crippen LogP contribution in [0.4, 0.5) is 0 Å². The summed E-state index contributed by atoms with van der Waals surface area (Å²) in [5.74, 6) is 0. The van der Waals surface area contributed by atoms with Gasteiger partial charge in [0.2, 0.25) is 0 Å². The molecule has 0 saturated heterocycles. The van der Waals surface area contributed by atoms with E-state index in [1.807, 2.05) is 11.3 Å². The van der Waals surface area contributed by atoms with E-state index < -0.39 is 0 Å². The molecule has 4 rings (SSSR count). The monoisotopic (exact) mass is 312 g/mol. The normalized spacial score (nSPS) is 10.6. The minimum atomic E-state index is 1.27. The average Bonchev–Trinajstić information content (AvgIpc) is 3.09. The highest BCUT2D eigenvalue weighted by molar-refractivity contribution is 7.19. The zero-order valence-electron chi connectivity index (χ0n) is 12.6. The van der Waals surface area contributed by atoms with Crippen LogP contribution in [0.2, 0.25) is 0 Å². The van der Waals surface area contributed by atoms with Crippen molar-refractivity contribution >= 4 is 11.3 Å². The van der Waals surface area contributed by atoms with Crippen LogP contribution in [-0.4, -0.2) is 0 Å². The maximum Gasteiger partial charge on any atom is 0.0427 e. The van der Waals surface area contributed by atoms with E-state index in [-0.39, 0.29) is 0 Å². The van der Waals surface area contributed by atoms with Crippen molar-refractivity contribution in [2.45, 2.75) is 0 Å². The van der Waals surface area contributed by atoms with Crippen molar-refractivity contribution in [3.05, 3.63) is 97.1 Å². The molecule has 0 N–H and O–H groups in total. The first-order valence-electron chi connectivity index (χ1n) is 7.72. The highest BCUT2D eigenvalue weighted by atomic mass is 32.1. The van der Waals surface area contributed by atoms with Crippen LogP contribution in [0.25, 0.3) is 32.0 Å². The maximum atomic E-state index is 2.32. The summed E-state index contributed by atoms with van der Waals surface area (Å²) in [4.78, 5) is 2.64. The highest BCUT2D eigenvalue weighted by Crippen LogP contribution is 2.43. The number of hydrogen-bond acceptors (Lipinski definition) is 1.